The summed E-state index contributed by atoms with van der Waals surface area (Å²) in [5, 5.41) is 0. The van der Waals surface area contributed by atoms with Gasteiger partial charge in [0.15, 0.2) is 5.66 Å². The minimum absolute atomic E-state index is 0.139. The van der Waals surface area contributed by atoms with Gasteiger partial charge >= 0.3 is 13.5 Å². The van der Waals surface area contributed by atoms with Crippen LogP contribution in [0.3, 0.4) is 0 Å². The monoisotopic (exact) mass is 322 g/mol. The van der Waals surface area contributed by atoms with Crippen LogP contribution >= 0.6 is 7.60 Å². The molecule has 0 aromatic carbocycles. The maximum Gasteiger partial charge on any atom is 0.344 e. The van der Waals surface area contributed by atoms with Gasteiger partial charge in [0.1, 0.15) is 0 Å². The summed E-state index contributed by atoms with van der Waals surface area (Å²) in [6.45, 7) is 11.4. The molecule has 0 rings (SSSR count). The van der Waals surface area contributed by atoms with Gasteiger partial charge in [-0.2, -0.15) is 0 Å². The number of quaternary nitrogens is 1. The summed E-state index contributed by atoms with van der Waals surface area (Å²) >= 11 is 0. The van der Waals surface area contributed by atoms with Crippen molar-refractivity contribution >= 4 is 13.5 Å². The standard InChI is InChI=1S/C15H32NO4P/c1-6-10-11-12-13-16(7-2,8-3)15(17)14(5)21(18,19)20-9-4/h14H,6-13H2,1-5H3/p+1. The Morgan fingerprint density at radius 2 is 1.71 bits per heavy atom. The molecule has 1 N–H and O–H groups in total. The molecule has 0 aromatic rings. The molecule has 0 fully saturated rings. The lowest BCUT2D eigenvalue weighted by atomic mass is 10.1. The number of nitrogens with zero attached hydrogens (tertiary/aromatic N) is 1. The van der Waals surface area contributed by atoms with E-state index in [1.54, 1.807) is 6.92 Å². The number of hydrogen-bond donors (Lipinski definition) is 1. The topological polar surface area (TPSA) is 63.6 Å². The summed E-state index contributed by atoms with van der Waals surface area (Å²) in [5.41, 5.74) is -0.969. The van der Waals surface area contributed by atoms with Crippen molar-refractivity contribution in [1.82, 2.24) is 0 Å². The molecule has 0 aliphatic rings. The van der Waals surface area contributed by atoms with E-state index < -0.39 is 13.3 Å². The molecule has 0 saturated carbocycles. The fourth-order valence-corrected chi connectivity index (χ4v) is 3.75. The zero-order valence-corrected chi connectivity index (χ0v) is 15.2. The molecule has 0 aliphatic heterocycles. The maximum atomic E-state index is 12.8. The lowest BCUT2D eigenvalue weighted by Crippen LogP contribution is -2.56. The molecule has 0 bridgehead atoms. The summed E-state index contributed by atoms with van der Waals surface area (Å²) in [6, 6.07) is 0. The van der Waals surface area contributed by atoms with E-state index in [4.69, 9.17) is 4.52 Å². The zero-order chi connectivity index (χ0) is 16.5. The molecular formula is C15H33NO4P+. The predicted octanol–water partition coefficient (Wildman–Crippen LogP) is 3.56. The van der Waals surface area contributed by atoms with Crippen LogP contribution in [0.1, 0.15) is 60.3 Å². The summed E-state index contributed by atoms with van der Waals surface area (Å²) in [5.74, 6) is -0.171. The van der Waals surface area contributed by atoms with E-state index >= 15 is 0 Å². The first-order chi connectivity index (χ1) is 9.81. The quantitative estimate of drug-likeness (QED) is 0.359. The van der Waals surface area contributed by atoms with Crippen molar-refractivity contribution in [3.05, 3.63) is 0 Å². The van der Waals surface area contributed by atoms with Crippen molar-refractivity contribution in [3.63, 3.8) is 0 Å². The molecule has 1 amide bonds. The second-order valence-electron chi connectivity index (χ2n) is 5.56. The SMILES string of the molecule is CCCCCC[N+](CC)(CC)C(=O)C(C)P(=O)(O)OCC. The Morgan fingerprint density at radius 3 is 2.14 bits per heavy atom. The smallest absolute Gasteiger partial charge is 0.324 e. The molecule has 126 valence electrons. The summed E-state index contributed by atoms with van der Waals surface area (Å²) in [4.78, 5) is 22.7. The third-order valence-corrected chi connectivity index (χ3v) is 6.11. The van der Waals surface area contributed by atoms with Gasteiger partial charge in [0.25, 0.3) is 0 Å². The first-order valence-electron chi connectivity index (χ1n) is 8.18. The van der Waals surface area contributed by atoms with Crippen LogP contribution in [0.5, 0.6) is 0 Å². The molecule has 2 unspecified atom stereocenters. The van der Waals surface area contributed by atoms with Crippen molar-refractivity contribution in [2.75, 3.05) is 26.2 Å². The summed E-state index contributed by atoms with van der Waals surface area (Å²) in [7, 11) is -3.87. The normalized spacial score (nSPS) is 16.5. The average Bonchev–Trinajstić information content (AvgIpc) is 2.46. The van der Waals surface area contributed by atoms with Crippen LogP contribution in [0.15, 0.2) is 0 Å². The molecule has 5 nitrogen and oxygen atoms in total. The highest BCUT2D eigenvalue weighted by Crippen LogP contribution is 2.48. The van der Waals surface area contributed by atoms with E-state index in [0.29, 0.717) is 13.1 Å². The van der Waals surface area contributed by atoms with Gasteiger partial charge in [0, 0.05) is 0 Å². The van der Waals surface area contributed by atoms with Gasteiger partial charge in [-0.15, -0.1) is 0 Å². The zero-order valence-electron chi connectivity index (χ0n) is 14.3. The molecular weight excluding hydrogens is 289 g/mol. The predicted molar refractivity (Wildman–Crippen MR) is 86.3 cm³/mol. The Labute approximate surface area is 129 Å². The highest BCUT2D eigenvalue weighted by molar-refractivity contribution is 7.54. The highest BCUT2D eigenvalue weighted by Gasteiger charge is 2.45. The number of hydrogen-bond acceptors (Lipinski definition) is 3. The van der Waals surface area contributed by atoms with Gasteiger partial charge in [0.2, 0.25) is 0 Å². The Morgan fingerprint density at radius 1 is 1.14 bits per heavy atom. The Hall–Kier alpha value is -0.220. The molecule has 0 aliphatic carbocycles. The molecule has 0 radical (unpaired) electrons. The van der Waals surface area contributed by atoms with E-state index in [9.17, 15) is 14.3 Å². The third kappa shape index (κ3) is 5.82. The van der Waals surface area contributed by atoms with E-state index in [-0.39, 0.29) is 17.0 Å². The second kappa shape index (κ2) is 9.73. The maximum absolute atomic E-state index is 12.8. The third-order valence-electron chi connectivity index (χ3n) is 4.28. The Kier molecular flexibility index (Phi) is 9.63. The van der Waals surface area contributed by atoms with Gasteiger partial charge in [-0.05, 0) is 40.5 Å². The van der Waals surface area contributed by atoms with Crippen molar-refractivity contribution in [2.24, 2.45) is 0 Å². The lowest BCUT2D eigenvalue weighted by molar-refractivity contribution is -0.851. The van der Waals surface area contributed by atoms with Gasteiger partial charge < -0.3 is 9.42 Å². The van der Waals surface area contributed by atoms with E-state index in [1.165, 1.54) is 6.92 Å². The van der Waals surface area contributed by atoms with Crippen molar-refractivity contribution in [2.45, 2.75) is 66.0 Å². The molecule has 21 heavy (non-hydrogen) atoms. The fraction of sp³-hybridized carbons (Fsp3) is 0.933. The number of carbonyl (C=O) groups excluding carboxylic acids is 1. The lowest BCUT2D eigenvalue weighted by Gasteiger charge is -2.36. The number of unbranched alkanes of at least 4 members (excludes halogenated alkanes) is 3. The molecule has 0 heterocycles. The van der Waals surface area contributed by atoms with Crippen LogP contribution in [0, 0.1) is 0 Å². The van der Waals surface area contributed by atoms with Crippen molar-refractivity contribution in [3.8, 4) is 0 Å². The summed E-state index contributed by atoms with van der Waals surface area (Å²) < 4.78 is 17.3. The number of carbonyl (C=O) groups is 1. The van der Waals surface area contributed by atoms with E-state index in [0.717, 1.165) is 32.2 Å². The number of amides is 1. The molecule has 6 heteroatoms. The van der Waals surface area contributed by atoms with Crippen LogP contribution in [-0.2, 0) is 13.9 Å². The minimum atomic E-state index is -3.87. The van der Waals surface area contributed by atoms with E-state index in [1.807, 2.05) is 13.8 Å². The summed E-state index contributed by atoms with van der Waals surface area (Å²) in [6.07, 6.45) is 4.38. The van der Waals surface area contributed by atoms with Crippen LogP contribution < -0.4 is 0 Å². The first kappa shape index (κ1) is 20.8. The second-order valence-corrected chi connectivity index (χ2v) is 7.72. The van der Waals surface area contributed by atoms with Gasteiger partial charge in [-0.3, -0.25) is 9.05 Å². The minimum Gasteiger partial charge on any atom is -0.324 e. The van der Waals surface area contributed by atoms with E-state index in [2.05, 4.69) is 6.92 Å². The molecule has 0 aromatic heterocycles. The highest BCUT2D eigenvalue weighted by atomic mass is 31.2. The molecule has 0 spiro atoms. The van der Waals surface area contributed by atoms with Gasteiger partial charge in [0.05, 0.1) is 26.2 Å². The molecule has 2 atom stereocenters. The first-order valence-corrected chi connectivity index (χ1v) is 9.83. The van der Waals surface area contributed by atoms with Crippen molar-refractivity contribution < 1.29 is 23.3 Å². The Bertz CT molecular complexity index is 356. The largest absolute Gasteiger partial charge is 0.344 e. The van der Waals surface area contributed by atoms with Gasteiger partial charge in [-0.1, -0.05) is 19.8 Å². The Balaban J connectivity index is 5.00. The van der Waals surface area contributed by atoms with Crippen LogP contribution in [0.2, 0.25) is 0 Å². The van der Waals surface area contributed by atoms with Crippen LogP contribution in [0.4, 0.5) is 0 Å². The fourth-order valence-electron chi connectivity index (χ4n) is 2.64. The van der Waals surface area contributed by atoms with Crippen LogP contribution in [0.25, 0.3) is 0 Å². The average molecular weight is 322 g/mol. The van der Waals surface area contributed by atoms with Crippen molar-refractivity contribution in [1.29, 1.82) is 0 Å². The van der Waals surface area contributed by atoms with Gasteiger partial charge in [-0.25, -0.2) is 4.79 Å². The molecule has 0 saturated heterocycles. The van der Waals surface area contributed by atoms with Crippen LogP contribution in [-0.4, -0.2) is 47.2 Å². The number of rotatable bonds is 11.